The summed E-state index contributed by atoms with van der Waals surface area (Å²) in [6.07, 6.45) is 1.51. The van der Waals surface area contributed by atoms with Crippen LogP contribution in [0.5, 0.6) is 0 Å². The summed E-state index contributed by atoms with van der Waals surface area (Å²) < 4.78 is 19.1. The molecule has 0 saturated carbocycles. The lowest BCUT2D eigenvalue weighted by Crippen LogP contribution is -2.40. The fourth-order valence-electron chi connectivity index (χ4n) is 3.65. The SMILES string of the molecule is Cc1ccc(-c2nc(CN3CCC(C(=O)NCc4ccccc4F)CC3)no2)cc1. The van der Waals surface area contributed by atoms with Crippen molar-refractivity contribution in [2.24, 2.45) is 5.92 Å². The smallest absolute Gasteiger partial charge is 0.257 e. The summed E-state index contributed by atoms with van der Waals surface area (Å²) in [5.41, 5.74) is 2.59. The lowest BCUT2D eigenvalue weighted by molar-refractivity contribution is -0.126. The Labute approximate surface area is 175 Å². The van der Waals surface area contributed by atoms with Crippen LogP contribution in [0.4, 0.5) is 4.39 Å². The summed E-state index contributed by atoms with van der Waals surface area (Å²) in [7, 11) is 0. The first-order valence-electron chi connectivity index (χ1n) is 10.2. The molecule has 0 spiro atoms. The van der Waals surface area contributed by atoms with Gasteiger partial charge >= 0.3 is 0 Å². The van der Waals surface area contributed by atoms with E-state index in [0.29, 0.717) is 23.8 Å². The highest BCUT2D eigenvalue weighted by Gasteiger charge is 2.26. The van der Waals surface area contributed by atoms with Crippen molar-refractivity contribution in [2.45, 2.75) is 32.9 Å². The molecule has 3 aromatic rings. The Kier molecular flexibility index (Phi) is 6.18. The number of nitrogens with one attached hydrogen (secondary N) is 1. The number of rotatable bonds is 6. The van der Waals surface area contributed by atoms with Crippen molar-refractivity contribution in [2.75, 3.05) is 13.1 Å². The van der Waals surface area contributed by atoms with E-state index in [4.69, 9.17) is 4.52 Å². The molecular weight excluding hydrogens is 383 g/mol. The van der Waals surface area contributed by atoms with Crippen LogP contribution in [-0.4, -0.2) is 34.0 Å². The van der Waals surface area contributed by atoms with Crippen molar-refractivity contribution in [3.8, 4) is 11.5 Å². The molecule has 7 heteroatoms. The van der Waals surface area contributed by atoms with E-state index >= 15 is 0 Å². The molecule has 4 rings (SSSR count). The molecule has 30 heavy (non-hydrogen) atoms. The van der Waals surface area contributed by atoms with Gasteiger partial charge in [0.2, 0.25) is 5.91 Å². The van der Waals surface area contributed by atoms with Crippen LogP contribution in [0, 0.1) is 18.7 Å². The van der Waals surface area contributed by atoms with Gasteiger partial charge in [-0.1, -0.05) is 41.1 Å². The minimum Gasteiger partial charge on any atom is -0.352 e. The summed E-state index contributed by atoms with van der Waals surface area (Å²) in [6, 6.07) is 14.5. The summed E-state index contributed by atoms with van der Waals surface area (Å²) in [5, 5.41) is 6.95. The molecule has 0 aliphatic carbocycles. The third-order valence-corrected chi connectivity index (χ3v) is 5.50. The van der Waals surface area contributed by atoms with Gasteiger partial charge in [0, 0.05) is 23.6 Å². The first-order valence-corrected chi connectivity index (χ1v) is 10.2. The molecule has 1 saturated heterocycles. The van der Waals surface area contributed by atoms with E-state index in [-0.39, 0.29) is 24.2 Å². The zero-order chi connectivity index (χ0) is 20.9. The summed E-state index contributed by atoms with van der Waals surface area (Å²) in [6.45, 7) is 4.42. The maximum absolute atomic E-state index is 13.7. The van der Waals surface area contributed by atoms with Gasteiger partial charge in [-0.25, -0.2) is 4.39 Å². The van der Waals surface area contributed by atoms with Crippen LogP contribution < -0.4 is 5.32 Å². The van der Waals surface area contributed by atoms with E-state index in [1.165, 1.54) is 11.6 Å². The Morgan fingerprint density at radius 2 is 1.90 bits per heavy atom. The summed E-state index contributed by atoms with van der Waals surface area (Å²) in [5.74, 6) is 0.804. The van der Waals surface area contributed by atoms with Crippen molar-refractivity contribution < 1.29 is 13.7 Å². The highest BCUT2D eigenvalue weighted by molar-refractivity contribution is 5.78. The van der Waals surface area contributed by atoms with Crippen molar-refractivity contribution in [1.29, 1.82) is 0 Å². The number of halogens is 1. The first kappa shape index (κ1) is 20.2. The standard InChI is InChI=1S/C23H25FN4O2/c1-16-6-8-18(9-7-16)23-26-21(27-30-23)15-28-12-10-17(11-13-28)22(29)25-14-19-4-2-3-5-20(19)24/h2-9,17H,10-15H2,1H3,(H,25,29). The van der Waals surface area contributed by atoms with Gasteiger partial charge in [0.25, 0.3) is 5.89 Å². The fourth-order valence-corrected chi connectivity index (χ4v) is 3.65. The maximum atomic E-state index is 13.7. The van der Waals surface area contributed by atoms with Gasteiger partial charge in [0.15, 0.2) is 5.82 Å². The van der Waals surface area contributed by atoms with Gasteiger partial charge in [-0.3, -0.25) is 9.69 Å². The second-order valence-corrected chi connectivity index (χ2v) is 7.74. The Balaban J connectivity index is 1.25. The number of nitrogens with zero attached hydrogens (tertiary/aromatic N) is 3. The monoisotopic (exact) mass is 408 g/mol. The molecule has 0 bridgehead atoms. The summed E-state index contributed by atoms with van der Waals surface area (Å²) >= 11 is 0. The van der Waals surface area contributed by atoms with Gasteiger partial charge in [-0.05, 0) is 51.1 Å². The van der Waals surface area contributed by atoms with E-state index in [1.54, 1.807) is 18.2 Å². The molecule has 2 heterocycles. The van der Waals surface area contributed by atoms with E-state index in [2.05, 4.69) is 20.4 Å². The van der Waals surface area contributed by atoms with Crippen LogP contribution in [0.2, 0.25) is 0 Å². The van der Waals surface area contributed by atoms with Crippen LogP contribution in [0.25, 0.3) is 11.5 Å². The Hall–Kier alpha value is -3.06. The number of aryl methyl sites for hydroxylation is 1. The van der Waals surface area contributed by atoms with E-state index in [9.17, 15) is 9.18 Å². The average molecular weight is 408 g/mol. The van der Waals surface area contributed by atoms with Crippen LogP contribution in [0.1, 0.15) is 29.8 Å². The number of aromatic nitrogens is 2. The third-order valence-electron chi connectivity index (χ3n) is 5.50. The molecular formula is C23H25FN4O2. The Morgan fingerprint density at radius 1 is 1.17 bits per heavy atom. The highest BCUT2D eigenvalue weighted by Crippen LogP contribution is 2.21. The van der Waals surface area contributed by atoms with Gasteiger partial charge in [-0.2, -0.15) is 4.98 Å². The molecule has 1 N–H and O–H groups in total. The number of hydrogen-bond acceptors (Lipinski definition) is 5. The molecule has 1 amide bonds. The minimum atomic E-state index is -0.294. The van der Waals surface area contributed by atoms with Crippen LogP contribution in [0.3, 0.4) is 0 Å². The minimum absolute atomic E-state index is 0.0147. The molecule has 1 aromatic heterocycles. The number of benzene rings is 2. The van der Waals surface area contributed by atoms with Crippen molar-refractivity contribution in [1.82, 2.24) is 20.4 Å². The molecule has 2 aromatic carbocycles. The van der Waals surface area contributed by atoms with Gasteiger partial charge in [-0.15, -0.1) is 0 Å². The van der Waals surface area contributed by atoms with Gasteiger partial charge in [0.1, 0.15) is 5.82 Å². The molecule has 1 aliphatic heterocycles. The quantitative estimate of drug-likeness (QED) is 0.673. The van der Waals surface area contributed by atoms with E-state index in [1.807, 2.05) is 31.2 Å². The molecule has 0 radical (unpaired) electrons. The third kappa shape index (κ3) is 4.91. The van der Waals surface area contributed by atoms with Crippen LogP contribution >= 0.6 is 0 Å². The number of carbonyl (C=O) groups is 1. The highest BCUT2D eigenvalue weighted by atomic mass is 19.1. The van der Waals surface area contributed by atoms with Crippen LogP contribution in [0.15, 0.2) is 53.1 Å². The largest absolute Gasteiger partial charge is 0.352 e. The van der Waals surface area contributed by atoms with E-state index < -0.39 is 0 Å². The predicted octanol–water partition coefficient (Wildman–Crippen LogP) is 3.71. The average Bonchev–Trinajstić information content (AvgIpc) is 3.22. The maximum Gasteiger partial charge on any atom is 0.257 e. The number of amides is 1. The summed E-state index contributed by atoms with van der Waals surface area (Å²) in [4.78, 5) is 19.2. The molecule has 0 atom stereocenters. The van der Waals surface area contributed by atoms with Gasteiger partial charge in [0.05, 0.1) is 6.54 Å². The molecule has 156 valence electrons. The number of piperidine rings is 1. The van der Waals surface area contributed by atoms with E-state index in [0.717, 1.165) is 31.5 Å². The molecule has 0 unspecified atom stereocenters. The lowest BCUT2D eigenvalue weighted by atomic mass is 9.96. The van der Waals surface area contributed by atoms with Crippen molar-refractivity contribution in [3.63, 3.8) is 0 Å². The van der Waals surface area contributed by atoms with Crippen molar-refractivity contribution >= 4 is 5.91 Å². The second kappa shape index (κ2) is 9.17. The zero-order valence-electron chi connectivity index (χ0n) is 17.0. The Bertz CT molecular complexity index is 994. The first-order chi connectivity index (χ1) is 14.6. The van der Waals surface area contributed by atoms with Gasteiger partial charge < -0.3 is 9.84 Å². The fraction of sp³-hybridized carbons (Fsp3) is 0.348. The van der Waals surface area contributed by atoms with Crippen molar-refractivity contribution in [3.05, 3.63) is 71.3 Å². The number of hydrogen-bond donors (Lipinski definition) is 1. The number of carbonyl (C=O) groups excluding carboxylic acids is 1. The Morgan fingerprint density at radius 3 is 2.63 bits per heavy atom. The molecule has 6 nitrogen and oxygen atoms in total. The molecule has 1 fully saturated rings. The number of likely N-dealkylation sites (tertiary alicyclic amines) is 1. The normalized spacial score (nSPS) is 15.3. The molecule has 1 aliphatic rings. The zero-order valence-corrected chi connectivity index (χ0v) is 17.0. The lowest BCUT2D eigenvalue weighted by Gasteiger charge is -2.30. The predicted molar refractivity (Wildman–Crippen MR) is 111 cm³/mol. The second-order valence-electron chi connectivity index (χ2n) is 7.74. The topological polar surface area (TPSA) is 71.3 Å². The van der Waals surface area contributed by atoms with Crippen LogP contribution in [-0.2, 0) is 17.9 Å².